The minimum atomic E-state index is 1.34. The van der Waals surface area contributed by atoms with Gasteiger partial charge in [-0.05, 0) is 218 Å². The van der Waals surface area contributed by atoms with Crippen LogP contribution < -0.4 is 4.90 Å². The van der Waals surface area contributed by atoms with E-state index in [0.29, 0.717) is 0 Å². The van der Waals surface area contributed by atoms with Crippen LogP contribution >= 0.6 is 0 Å². The molecule has 0 fully saturated rings. The van der Waals surface area contributed by atoms with Crippen molar-refractivity contribution < 1.29 is 0 Å². The molecule has 0 amide bonds. The number of anilines is 3. The summed E-state index contributed by atoms with van der Waals surface area (Å²) in [5.74, 6) is 0. The van der Waals surface area contributed by atoms with Gasteiger partial charge in [0.2, 0.25) is 0 Å². The highest BCUT2D eigenvalue weighted by molar-refractivity contribution is 6.08. The fourth-order valence-corrected chi connectivity index (χ4v) is 7.16. The Morgan fingerprint density at radius 3 is 0.725 bits per heavy atom. The Kier molecular flexibility index (Phi) is 7.55. The van der Waals surface area contributed by atoms with E-state index >= 15 is 0 Å². The lowest BCUT2D eigenvalue weighted by Gasteiger charge is -2.38. The lowest BCUT2D eigenvalue weighted by atomic mass is 9.83. The van der Waals surface area contributed by atoms with Crippen LogP contribution in [0.4, 0.5) is 17.1 Å². The van der Waals surface area contributed by atoms with Crippen molar-refractivity contribution in [3.05, 3.63) is 94.6 Å². The van der Waals surface area contributed by atoms with Crippen LogP contribution in [-0.4, -0.2) is 0 Å². The number of aryl methyl sites for hydroxylation is 3. The highest BCUT2D eigenvalue weighted by Gasteiger charge is 2.30. The highest BCUT2D eigenvalue weighted by Crippen LogP contribution is 2.51. The van der Waals surface area contributed by atoms with E-state index in [0.717, 1.165) is 0 Å². The fourth-order valence-electron chi connectivity index (χ4n) is 7.16. The monoisotopic (exact) mass is 533 g/mol. The maximum atomic E-state index is 2.69. The molecule has 0 aromatic heterocycles. The molecule has 0 spiro atoms. The quantitative estimate of drug-likeness (QED) is 0.253. The van der Waals surface area contributed by atoms with Gasteiger partial charge in [0.15, 0.2) is 0 Å². The summed E-state index contributed by atoms with van der Waals surface area (Å²) in [5, 5.41) is 2.83. The molecule has 0 radical (unpaired) electrons. The molecule has 0 N–H and O–H groups in total. The Hall–Kier alpha value is -3.06. The number of fused-ring (bicyclic) bond motifs is 1. The van der Waals surface area contributed by atoms with Crippen LogP contribution in [0.1, 0.15) is 94.6 Å². The van der Waals surface area contributed by atoms with Gasteiger partial charge in [0.05, 0.1) is 17.1 Å². The molecule has 4 aromatic carbocycles. The van der Waals surface area contributed by atoms with Gasteiger partial charge in [0, 0.05) is 5.39 Å². The first-order valence-electron chi connectivity index (χ1n) is 14.9. The topological polar surface area (TPSA) is 3.24 Å². The summed E-state index contributed by atoms with van der Waals surface area (Å²) in [5.41, 5.74) is 27.7. The zero-order valence-corrected chi connectivity index (χ0v) is 28.4. The molecule has 0 aliphatic carbocycles. The van der Waals surface area contributed by atoms with Crippen molar-refractivity contribution >= 4 is 27.8 Å². The van der Waals surface area contributed by atoms with E-state index in [1.807, 2.05) is 0 Å². The molecule has 4 rings (SSSR count). The van der Waals surface area contributed by atoms with Crippen molar-refractivity contribution in [1.29, 1.82) is 0 Å². The molecule has 212 valence electrons. The molecule has 40 heavy (non-hydrogen) atoms. The van der Waals surface area contributed by atoms with Gasteiger partial charge in [0.25, 0.3) is 0 Å². The third-order valence-corrected chi connectivity index (χ3v) is 11.4. The number of hydrogen-bond donors (Lipinski definition) is 0. The number of benzene rings is 4. The van der Waals surface area contributed by atoms with E-state index in [2.05, 4.69) is 123 Å². The molecule has 1 nitrogen and oxygen atoms in total. The Morgan fingerprint density at radius 1 is 0.200 bits per heavy atom. The molecule has 0 heterocycles. The van der Waals surface area contributed by atoms with Crippen LogP contribution in [0.25, 0.3) is 10.8 Å². The molecule has 0 bridgehead atoms. The smallest absolute Gasteiger partial charge is 0.0575 e. The molecule has 0 atom stereocenters. The lowest BCUT2D eigenvalue weighted by molar-refractivity contribution is 1.09. The Bertz CT molecular complexity index is 1610. The largest absolute Gasteiger partial charge is 0.308 e. The van der Waals surface area contributed by atoms with Crippen molar-refractivity contribution in [2.75, 3.05) is 4.90 Å². The molecule has 0 unspecified atom stereocenters. The molecule has 1 heteroatoms. The third kappa shape index (κ3) is 3.95. The summed E-state index contributed by atoms with van der Waals surface area (Å²) in [7, 11) is 0. The second-order valence-corrected chi connectivity index (χ2v) is 12.8. The van der Waals surface area contributed by atoms with Crippen LogP contribution in [0.2, 0.25) is 0 Å². The van der Waals surface area contributed by atoms with Crippen molar-refractivity contribution in [2.24, 2.45) is 0 Å². The Morgan fingerprint density at radius 2 is 0.400 bits per heavy atom. The van der Waals surface area contributed by atoms with E-state index in [1.54, 1.807) is 0 Å². The predicted octanol–water partition coefficient (Wildman–Crippen LogP) is 11.6. The fraction of sp³-hybridized carbons (Fsp3) is 0.436. The van der Waals surface area contributed by atoms with Gasteiger partial charge < -0.3 is 4.90 Å². The highest BCUT2D eigenvalue weighted by atomic mass is 15.2. The molecular weight excluding hydrogens is 482 g/mol. The van der Waals surface area contributed by atoms with Gasteiger partial charge in [-0.2, -0.15) is 0 Å². The summed E-state index contributed by atoms with van der Waals surface area (Å²) < 4.78 is 0. The number of nitrogens with zero attached hydrogens (tertiary/aromatic N) is 1. The van der Waals surface area contributed by atoms with Crippen molar-refractivity contribution in [3.63, 3.8) is 0 Å². The molecular formula is C39H51N. The first-order chi connectivity index (χ1) is 18.5. The minimum Gasteiger partial charge on any atom is -0.308 e. The first kappa shape index (κ1) is 29.9. The van der Waals surface area contributed by atoms with Gasteiger partial charge in [-0.3, -0.25) is 0 Å². The summed E-state index contributed by atoms with van der Waals surface area (Å²) in [6.45, 7) is 39.4. The van der Waals surface area contributed by atoms with Gasteiger partial charge in [0.1, 0.15) is 0 Å². The maximum Gasteiger partial charge on any atom is 0.0575 e. The second-order valence-electron chi connectivity index (χ2n) is 12.8. The molecule has 0 saturated heterocycles. The zero-order valence-electron chi connectivity index (χ0n) is 28.4. The average molecular weight is 534 g/mol. The summed E-state index contributed by atoms with van der Waals surface area (Å²) in [6.07, 6.45) is 0. The molecule has 4 aromatic rings. The summed E-state index contributed by atoms with van der Waals surface area (Å²) >= 11 is 0. The standard InChI is InChI=1S/C39H51N/c1-18-22(5)30(13)37(31(14)23(18)6)40(38-32(15)24(7)19(2)25(8)33(38)16)39-34(17)26(9)28(11)35-27(10)20(3)21(4)29(12)36(35)39/h1-17H3. The van der Waals surface area contributed by atoms with Crippen molar-refractivity contribution in [1.82, 2.24) is 0 Å². The van der Waals surface area contributed by atoms with Crippen molar-refractivity contribution in [3.8, 4) is 0 Å². The Balaban J connectivity index is 2.44. The van der Waals surface area contributed by atoms with Crippen LogP contribution in [0.3, 0.4) is 0 Å². The van der Waals surface area contributed by atoms with Gasteiger partial charge in [-0.15, -0.1) is 0 Å². The number of rotatable bonds is 3. The van der Waals surface area contributed by atoms with E-state index in [4.69, 9.17) is 0 Å². The van der Waals surface area contributed by atoms with E-state index in [9.17, 15) is 0 Å². The van der Waals surface area contributed by atoms with E-state index in [1.165, 1.54) is 122 Å². The molecule has 0 saturated carbocycles. The van der Waals surface area contributed by atoms with Crippen LogP contribution in [-0.2, 0) is 0 Å². The predicted molar refractivity (Wildman–Crippen MR) is 179 cm³/mol. The maximum absolute atomic E-state index is 2.69. The summed E-state index contributed by atoms with van der Waals surface area (Å²) in [6, 6.07) is 0. The SMILES string of the molecule is Cc1c(C)c(C)c(N(c2c(C)c(C)c(C)c(C)c2C)c2c(C)c(C)c(C)c3c(C)c(C)c(C)c(C)c23)c(C)c1C. The summed E-state index contributed by atoms with van der Waals surface area (Å²) in [4.78, 5) is 2.69. The van der Waals surface area contributed by atoms with Gasteiger partial charge >= 0.3 is 0 Å². The van der Waals surface area contributed by atoms with Crippen molar-refractivity contribution in [2.45, 2.75) is 118 Å². The normalized spacial score (nSPS) is 11.6. The van der Waals surface area contributed by atoms with Crippen LogP contribution in [0, 0.1) is 118 Å². The van der Waals surface area contributed by atoms with E-state index in [-0.39, 0.29) is 0 Å². The van der Waals surface area contributed by atoms with Gasteiger partial charge in [-0.1, -0.05) is 0 Å². The average Bonchev–Trinajstić information content (AvgIpc) is 2.92. The lowest BCUT2D eigenvalue weighted by Crippen LogP contribution is -2.21. The van der Waals surface area contributed by atoms with Gasteiger partial charge in [-0.25, -0.2) is 0 Å². The van der Waals surface area contributed by atoms with Crippen LogP contribution in [0.5, 0.6) is 0 Å². The van der Waals surface area contributed by atoms with Crippen LogP contribution in [0.15, 0.2) is 0 Å². The Labute approximate surface area is 244 Å². The zero-order chi connectivity index (χ0) is 30.3. The second kappa shape index (κ2) is 10.1. The molecule has 0 aliphatic heterocycles. The number of hydrogen-bond acceptors (Lipinski definition) is 1. The third-order valence-electron chi connectivity index (χ3n) is 11.4. The first-order valence-corrected chi connectivity index (χ1v) is 14.9. The molecule has 0 aliphatic rings. The van der Waals surface area contributed by atoms with E-state index < -0.39 is 0 Å². The minimum absolute atomic E-state index is 1.34.